The van der Waals surface area contributed by atoms with Gasteiger partial charge < -0.3 is 4.74 Å². The van der Waals surface area contributed by atoms with Crippen molar-refractivity contribution in [1.29, 1.82) is 0 Å². The van der Waals surface area contributed by atoms with Gasteiger partial charge in [-0.1, -0.05) is 6.07 Å². The third-order valence-electron chi connectivity index (χ3n) is 4.01. The van der Waals surface area contributed by atoms with Crippen molar-refractivity contribution in [3.63, 3.8) is 0 Å². The average molecular weight is 344 g/mol. The molecule has 3 rings (SSSR count). The number of rotatable bonds is 4. The van der Waals surface area contributed by atoms with Crippen LogP contribution in [0.5, 0.6) is 5.75 Å². The second-order valence-corrected chi connectivity index (χ2v) is 5.71. The number of alkyl halides is 3. The second kappa shape index (κ2) is 6.76. The number of nitrogens with zero attached hydrogens (tertiary/aromatic N) is 3. The lowest BCUT2D eigenvalue weighted by molar-refractivity contribution is -0.275. The molecule has 5 nitrogen and oxygen atoms in total. The number of halogens is 4. The number of H-pyrrole nitrogens is 1. The number of likely N-dealkylation sites (tertiary alicyclic amines) is 1. The van der Waals surface area contributed by atoms with Crippen LogP contribution in [0.4, 0.5) is 17.6 Å². The average Bonchev–Trinajstić information content (AvgIpc) is 3.04. The highest BCUT2D eigenvalue weighted by atomic mass is 19.4. The monoisotopic (exact) mass is 344 g/mol. The minimum Gasteiger partial charge on any atom is -0.405 e. The Morgan fingerprint density at radius 1 is 1.33 bits per heavy atom. The third-order valence-corrected chi connectivity index (χ3v) is 4.01. The van der Waals surface area contributed by atoms with Gasteiger partial charge in [0.25, 0.3) is 0 Å². The zero-order chi connectivity index (χ0) is 17.2. The van der Waals surface area contributed by atoms with E-state index in [1.807, 2.05) is 4.90 Å². The van der Waals surface area contributed by atoms with Gasteiger partial charge in [0.15, 0.2) is 0 Å². The molecule has 24 heavy (non-hydrogen) atoms. The van der Waals surface area contributed by atoms with Crippen LogP contribution in [0.25, 0.3) is 0 Å². The summed E-state index contributed by atoms with van der Waals surface area (Å²) < 4.78 is 55.5. The second-order valence-electron chi connectivity index (χ2n) is 5.71. The molecule has 1 saturated heterocycles. The molecule has 0 bridgehead atoms. The highest BCUT2D eigenvalue weighted by molar-refractivity contribution is 5.35. The standard InChI is InChI=1S/C15H16F4N4O/c16-12-4-1-5-13(24-15(17,18)19)11(12)8-23-6-2-3-10(7-23)14-20-9-21-22-14/h1,4-5,9-10H,2-3,6-8H2,(H,20,21,22)/t10-/m0/s1. The van der Waals surface area contributed by atoms with Crippen LogP contribution in [0, 0.1) is 5.82 Å². The maximum absolute atomic E-state index is 14.0. The largest absolute Gasteiger partial charge is 0.573 e. The lowest BCUT2D eigenvalue weighted by atomic mass is 9.97. The Morgan fingerprint density at radius 2 is 2.17 bits per heavy atom. The predicted octanol–water partition coefficient (Wildman–Crippen LogP) is 3.22. The Kier molecular flexibility index (Phi) is 4.70. The van der Waals surface area contributed by atoms with E-state index < -0.39 is 17.9 Å². The van der Waals surface area contributed by atoms with Crippen LogP contribution in [0.15, 0.2) is 24.5 Å². The number of aromatic amines is 1. The van der Waals surface area contributed by atoms with Gasteiger partial charge in [-0.25, -0.2) is 9.37 Å². The van der Waals surface area contributed by atoms with Crippen LogP contribution in [-0.2, 0) is 6.54 Å². The summed E-state index contributed by atoms with van der Waals surface area (Å²) in [6.45, 7) is 1.28. The number of hydrogen-bond acceptors (Lipinski definition) is 4. The maximum Gasteiger partial charge on any atom is 0.573 e. The summed E-state index contributed by atoms with van der Waals surface area (Å²) in [6, 6.07) is 3.47. The molecule has 130 valence electrons. The van der Waals surface area contributed by atoms with Gasteiger partial charge in [-0.3, -0.25) is 10.00 Å². The lowest BCUT2D eigenvalue weighted by Crippen LogP contribution is -2.35. The van der Waals surface area contributed by atoms with Crippen molar-refractivity contribution in [2.24, 2.45) is 0 Å². The van der Waals surface area contributed by atoms with E-state index in [1.165, 1.54) is 12.4 Å². The fraction of sp³-hybridized carbons (Fsp3) is 0.467. The first kappa shape index (κ1) is 16.7. The van der Waals surface area contributed by atoms with Crippen molar-refractivity contribution in [3.8, 4) is 5.75 Å². The molecule has 2 aromatic rings. The highest BCUT2D eigenvalue weighted by Crippen LogP contribution is 2.31. The number of hydrogen-bond donors (Lipinski definition) is 1. The molecule has 0 saturated carbocycles. The van der Waals surface area contributed by atoms with Gasteiger partial charge in [0, 0.05) is 24.6 Å². The molecule has 2 heterocycles. The molecule has 1 atom stereocenters. The van der Waals surface area contributed by atoms with Crippen LogP contribution >= 0.6 is 0 Å². The Labute approximate surface area is 135 Å². The number of ether oxygens (including phenoxy) is 1. The summed E-state index contributed by atoms with van der Waals surface area (Å²) in [5.41, 5.74) is -0.0898. The van der Waals surface area contributed by atoms with E-state index in [2.05, 4.69) is 19.9 Å². The third kappa shape index (κ3) is 4.02. The summed E-state index contributed by atoms with van der Waals surface area (Å²) in [4.78, 5) is 6.03. The van der Waals surface area contributed by atoms with E-state index in [1.54, 1.807) is 0 Å². The molecule has 1 aromatic carbocycles. The quantitative estimate of drug-likeness (QED) is 0.866. The predicted molar refractivity (Wildman–Crippen MR) is 76.7 cm³/mol. The van der Waals surface area contributed by atoms with Crippen molar-refractivity contribution in [3.05, 3.63) is 41.7 Å². The fourth-order valence-electron chi connectivity index (χ4n) is 2.97. The van der Waals surface area contributed by atoms with Crippen LogP contribution < -0.4 is 4.74 Å². The molecule has 1 aromatic heterocycles. The van der Waals surface area contributed by atoms with Crippen LogP contribution in [0.2, 0.25) is 0 Å². The highest BCUT2D eigenvalue weighted by Gasteiger charge is 2.33. The SMILES string of the molecule is Fc1cccc(OC(F)(F)F)c1CN1CCC[C@H](c2ncn[nH]2)C1. The molecule has 9 heteroatoms. The normalized spacial score (nSPS) is 19.4. The smallest absolute Gasteiger partial charge is 0.405 e. The van der Waals surface area contributed by atoms with Gasteiger partial charge in [-0.15, -0.1) is 13.2 Å². The summed E-state index contributed by atoms with van der Waals surface area (Å²) in [6.07, 6.45) is -1.70. The number of piperidine rings is 1. The zero-order valence-electron chi connectivity index (χ0n) is 12.7. The molecule has 0 aliphatic carbocycles. The van der Waals surface area contributed by atoms with Crippen LogP contribution in [0.3, 0.4) is 0 Å². The topological polar surface area (TPSA) is 54.0 Å². The zero-order valence-corrected chi connectivity index (χ0v) is 12.7. The molecule has 0 spiro atoms. The molecule has 1 aliphatic rings. The van der Waals surface area contributed by atoms with E-state index in [0.717, 1.165) is 30.8 Å². The summed E-state index contributed by atoms with van der Waals surface area (Å²) in [5.74, 6) is -0.372. The van der Waals surface area contributed by atoms with E-state index in [4.69, 9.17) is 0 Å². The number of nitrogens with one attached hydrogen (secondary N) is 1. The summed E-state index contributed by atoms with van der Waals surface area (Å²) in [5, 5.41) is 6.63. The van der Waals surface area contributed by atoms with Crippen LogP contribution in [0.1, 0.15) is 30.1 Å². The Balaban J connectivity index is 1.75. The first-order valence-electron chi connectivity index (χ1n) is 7.53. The molecule has 1 N–H and O–H groups in total. The van der Waals surface area contributed by atoms with Crippen molar-refractivity contribution in [2.75, 3.05) is 13.1 Å². The van der Waals surface area contributed by atoms with Crippen molar-refractivity contribution in [2.45, 2.75) is 31.7 Å². The van der Waals surface area contributed by atoms with E-state index in [0.29, 0.717) is 13.1 Å². The van der Waals surface area contributed by atoms with Crippen molar-refractivity contribution < 1.29 is 22.3 Å². The molecular formula is C15H16F4N4O. The Morgan fingerprint density at radius 3 is 2.88 bits per heavy atom. The summed E-state index contributed by atoms with van der Waals surface area (Å²) in [7, 11) is 0. The first-order valence-corrected chi connectivity index (χ1v) is 7.53. The van der Waals surface area contributed by atoms with E-state index in [-0.39, 0.29) is 18.0 Å². The molecule has 0 unspecified atom stereocenters. The minimum atomic E-state index is -4.85. The van der Waals surface area contributed by atoms with Gasteiger partial charge in [-0.05, 0) is 31.5 Å². The van der Waals surface area contributed by atoms with Gasteiger partial charge in [0.2, 0.25) is 0 Å². The molecule has 1 fully saturated rings. The van der Waals surface area contributed by atoms with Gasteiger partial charge in [-0.2, -0.15) is 5.10 Å². The Bertz CT molecular complexity index is 675. The number of aromatic nitrogens is 3. The van der Waals surface area contributed by atoms with Crippen molar-refractivity contribution in [1.82, 2.24) is 20.1 Å². The van der Waals surface area contributed by atoms with E-state index >= 15 is 0 Å². The molecule has 0 radical (unpaired) electrons. The minimum absolute atomic E-state index is 0.0444. The maximum atomic E-state index is 14.0. The van der Waals surface area contributed by atoms with E-state index in [9.17, 15) is 17.6 Å². The molecule has 0 amide bonds. The lowest BCUT2D eigenvalue weighted by Gasteiger charge is -2.32. The van der Waals surface area contributed by atoms with Crippen LogP contribution in [-0.4, -0.2) is 39.5 Å². The fourth-order valence-corrected chi connectivity index (χ4v) is 2.97. The van der Waals surface area contributed by atoms with Gasteiger partial charge >= 0.3 is 6.36 Å². The summed E-state index contributed by atoms with van der Waals surface area (Å²) >= 11 is 0. The first-order chi connectivity index (χ1) is 11.4. The van der Waals surface area contributed by atoms with Crippen molar-refractivity contribution >= 4 is 0 Å². The van der Waals surface area contributed by atoms with Gasteiger partial charge in [0.1, 0.15) is 23.7 Å². The molecular weight excluding hydrogens is 328 g/mol. The van der Waals surface area contributed by atoms with Gasteiger partial charge in [0.05, 0.1) is 0 Å². The molecule has 1 aliphatic heterocycles. The Hall–Kier alpha value is -2.16. The number of benzene rings is 1.